The average Bonchev–Trinajstić information content (AvgIpc) is 2.72. The maximum absolute atomic E-state index is 11.1. The summed E-state index contributed by atoms with van der Waals surface area (Å²) in [6.45, 7) is 7.90. The number of halogens is 1. The Balaban J connectivity index is 1.41. The van der Waals surface area contributed by atoms with Gasteiger partial charge in [-0.05, 0) is 81.5 Å². The Morgan fingerprint density at radius 1 is 1.13 bits per heavy atom. The lowest BCUT2D eigenvalue weighted by Crippen LogP contribution is -2.46. The molecule has 1 heterocycles. The van der Waals surface area contributed by atoms with Crippen LogP contribution in [0.15, 0.2) is 53.0 Å². The van der Waals surface area contributed by atoms with Crippen LogP contribution in [0.5, 0.6) is 5.75 Å². The lowest BCUT2D eigenvalue weighted by molar-refractivity contribution is -0.0254. The molecule has 0 bridgehead atoms. The van der Waals surface area contributed by atoms with Crippen molar-refractivity contribution in [3.05, 3.63) is 58.6 Å². The van der Waals surface area contributed by atoms with E-state index >= 15 is 0 Å². The predicted molar refractivity (Wildman–Crippen MR) is 129 cm³/mol. The van der Waals surface area contributed by atoms with E-state index in [0.717, 1.165) is 67.8 Å². The smallest absolute Gasteiger partial charge is 0.119 e. The number of hydrogen-bond donors (Lipinski definition) is 1. The summed E-state index contributed by atoms with van der Waals surface area (Å²) in [5.74, 6) is 0.899. The fraction of sp³-hybridized carbons (Fsp3) is 0.520. The number of nitrogens with zero attached hydrogens (tertiary/aromatic N) is 2. The summed E-state index contributed by atoms with van der Waals surface area (Å²) in [5.41, 5.74) is 1.96. The summed E-state index contributed by atoms with van der Waals surface area (Å²) < 4.78 is 6.86. The molecule has 1 N–H and O–H groups in total. The third kappa shape index (κ3) is 7.00. The van der Waals surface area contributed by atoms with E-state index in [1.165, 1.54) is 5.56 Å². The second-order valence-corrected chi connectivity index (χ2v) is 9.69. The molecule has 0 spiro atoms. The second-order valence-electron chi connectivity index (χ2n) is 8.78. The minimum absolute atomic E-state index is 0.184. The minimum Gasteiger partial charge on any atom is -0.491 e. The summed E-state index contributed by atoms with van der Waals surface area (Å²) in [6.07, 6.45) is 3.73. The molecular weight excluding hydrogens is 440 g/mol. The zero-order valence-electron chi connectivity index (χ0n) is 18.5. The number of piperidine rings is 1. The lowest BCUT2D eigenvalue weighted by Gasteiger charge is -2.39. The van der Waals surface area contributed by atoms with E-state index in [-0.39, 0.29) is 6.10 Å². The maximum Gasteiger partial charge on any atom is 0.119 e. The van der Waals surface area contributed by atoms with Crippen LogP contribution >= 0.6 is 15.9 Å². The van der Waals surface area contributed by atoms with Gasteiger partial charge in [-0.3, -0.25) is 0 Å². The van der Waals surface area contributed by atoms with Gasteiger partial charge in [0.1, 0.15) is 5.75 Å². The Labute approximate surface area is 190 Å². The first kappa shape index (κ1) is 23.1. The summed E-state index contributed by atoms with van der Waals surface area (Å²) in [4.78, 5) is 4.70. The lowest BCUT2D eigenvalue weighted by atomic mass is 9.88. The average molecular weight is 475 g/mol. The van der Waals surface area contributed by atoms with Crippen molar-refractivity contribution in [3.8, 4) is 5.75 Å². The Kier molecular flexibility index (Phi) is 8.20. The van der Waals surface area contributed by atoms with Crippen LogP contribution < -0.4 is 9.64 Å². The molecule has 30 heavy (non-hydrogen) atoms. The predicted octanol–water partition coefficient (Wildman–Crippen LogP) is 5.13. The van der Waals surface area contributed by atoms with E-state index in [1.54, 1.807) is 0 Å². The van der Waals surface area contributed by atoms with Gasteiger partial charge in [0.25, 0.3) is 0 Å². The standard InChI is InChI=1S/C25H35BrN2O2/c1-20(2)30-24-9-7-23(8-10-24)27(3)16-12-25(29)13-17-28(18-14-25)15-11-21-5-4-6-22(26)19-21/h4-10,19-20,29H,11-18H2,1-3H3. The van der Waals surface area contributed by atoms with E-state index < -0.39 is 5.60 Å². The Morgan fingerprint density at radius 3 is 2.47 bits per heavy atom. The van der Waals surface area contributed by atoms with Gasteiger partial charge in [0.15, 0.2) is 0 Å². The quantitative estimate of drug-likeness (QED) is 0.546. The second kappa shape index (κ2) is 10.7. The van der Waals surface area contributed by atoms with Crippen molar-refractivity contribution in [1.29, 1.82) is 0 Å². The van der Waals surface area contributed by atoms with Crippen LogP contribution in [0, 0.1) is 0 Å². The zero-order chi connectivity index (χ0) is 21.6. The van der Waals surface area contributed by atoms with Crippen LogP contribution in [-0.4, -0.2) is 54.9 Å². The molecule has 2 aromatic carbocycles. The SMILES string of the molecule is CC(C)Oc1ccc(N(C)CCC2(O)CCN(CCc3cccc(Br)c3)CC2)cc1. The highest BCUT2D eigenvalue weighted by molar-refractivity contribution is 9.10. The van der Waals surface area contributed by atoms with Crippen LogP contribution in [0.4, 0.5) is 5.69 Å². The molecule has 0 aliphatic carbocycles. The molecule has 0 saturated carbocycles. The number of hydrogen-bond acceptors (Lipinski definition) is 4. The van der Waals surface area contributed by atoms with Crippen molar-refractivity contribution in [3.63, 3.8) is 0 Å². The van der Waals surface area contributed by atoms with Crippen LogP contribution in [0.25, 0.3) is 0 Å². The molecule has 4 nitrogen and oxygen atoms in total. The van der Waals surface area contributed by atoms with E-state index in [0.29, 0.717) is 0 Å². The van der Waals surface area contributed by atoms with Crippen molar-refractivity contribution in [2.24, 2.45) is 0 Å². The molecule has 1 saturated heterocycles. The third-order valence-electron chi connectivity index (χ3n) is 5.95. The first-order chi connectivity index (χ1) is 14.3. The highest BCUT2D eigenvalue weighted by Crippen LogP contribution is 2.27. The number of aliphatic hydroxyl groups is 1. The Bertz CT molecular complexity index is 786. The first-order valence-electron chi connectivity index (χ1n) is 11.0. The summed E-state index contributed by atoms with van der Waals surface area (Å²) >= 11 is 3.54. The van der Waals surface area contributed by atoms with Crippen LogP contribution in [0.2, 0.25) is 0 Å². The van der Waals surface area contributed by atoms with Gasteiger partial charge in [0.05, 0.1) is 11.7 Å². The highest BCUT2D eigenvalue weighted by Gasteiger charge is 2.32. The van der Waals surface area contributed by atoms with Gasteiger partial charge in [-0.2, -0.15) is 0 Å². The zero-order valence-corrected chi connectivity index (χ0v) is 20.1. The van der Waals surface area contributed by atoms with Gasteiger partial charge in [0.2, 0.25) is 0 Å². The van der Waals surface area contributed by atoms with Crippen LogP contribution in [-0.2, 0) is 6.42 Å². The highest BCUT2D eigenvalue weighted by atomic mass is 79.9. The largest absolute Gasteiger partial charge is 0.491 e. The summed E-state index contributed by atoms with van der Waals surface area (Å²) in [5, 5.41) is 11.1. The molecule has 1 fully saturated rings. The van der Waals surface area contributed by atoms with E-state index in [9.17, 15) is 5.11 Å². The maximum atomic E-state index is 11.1. The number of benzene rings is 2. The first-order valence-corrected chi connectivity index (χ1v) is 11.8. The van der Waals surface area contributed by atoms with E-state index in [4.69, 9.17) is 4.74 Å². The molecule has 0 amide bonds. The normalized spacial score (nSPS) is 16.6. The number of ether oxygens (including phenoxy) is 1. The molecule has 2 aromatic rings. The molecule has 1 aliphatic rings. The van der Waals surface area contributed by atoms with Crippen molar-refractivity contribution < 1.29 is 9.84 Å². The van der Waals surface area contributed by atoms with Crippen LogP contribution in [0.1, 0.15) is 38.7 Å². The van der Waals surface area contributed by atoms with E-state index in [1.807, 2.05) is 26.0 Å². The van der Waals surface area contributed by atoms with Gasteiger partial charge in [-0.15, -0.1) is 0 Å². The topological polar surface area (TPSA) is 35.9 Å². The fourth-order valence-corrected chi connectivity index (χ4v) is 4.43. The van der Waals surface area contributed by atoms with Crippen molar-refractivity contribution >= 4 is 21.6 Å². The molecule has 0 aromatic heterocycles. The van der Waals surface area contributed by atoms with Crippen LogP contribution in [0.3, 0.4) is 0 Å². The Hall–Kier alpha value is -1.56. The van der Waals surface area contributed by atoms with Gasteiger partial charge >= 0.3 is 0 Å². The number of rotatable bonds is 9. The van der Waals surface area contributed by atoms with Gasteiger partial charge in [-0.25, -0.2) is 0 Å². The van der Waals surface area contributed by atoms with Gasteiger partial charge in [0, 0.05) is 43.4 Å². The molecule has 3 rings (SSSR count). The molecule has 0 unspecified atom stereocenters. The summed E-state index contributed by atoms with van der Waals surface area (Å²) in [7, 11) is 2.09. The molecule has 164 valence electrons. The van der Waals surface area contributed by atoms with Crippen molar-refractivity contribution in [2.45, 2.75) is 51.2 Å². The number of anilines is 1. The van der Waals surface area contributed by atoms with Gasteiger partial charge in [-0.1, -0.05) is 28.1 Å². The van der Waals surface area contributed by atoms with Crippen molar-refractivity contribution in [1.82, 2.24) is 4.90 Å². The minimum atomic E-state index is -0.554. The molecular formula is C25H35BrN2O2. The van der Waals surface area contributed by atoms with Crippen molar-refractivity contribution in [2.75, 3.05) is 38.1 Å². The third-order valence-corrected chi connectivity index (χ3v) is 6.45. The molecule has 0 radical (unpaired) electrons. The molecule has 0 atom stereocenters. The fourth-order valence-electron chi connectivity index (χ4n) is 3.98. The number of likely N-dealkylation sites (tertiary alicyclic amines) is 1. The molecule has 1 aliphatic heterocycles. The summed E-state index contributed by atoms with van der Waals surface area (Å²) in [6, 6.07) is 16.7. The Morgan fingerprint density at radius 2 is 1.83 bits per heavy atom. The monoisotopic (exact) mass is 474 g/mol. The molecule has 5 heteroatoms. The van der Waals surface area contributed by atoms with E-state index in [2.05, 4.69) is 69.2 Å². The van der Waals surface area contributed by atoms with Gasteiger partial charge < -0.3 is 19.6 Å².